The van der Waals surface area contributed by atoms with Crippen molar-refractivity contribution in [3.05, 3.63) is 71.4 Å². The van der Waals surface area contributed by atoms with Gasteiger partial charge in [-0.3, -0.25) is 4.79 Å². The molecule has 190 valence electrons. The second kappa shape index (κ2) is 9.97. The molecule has 9 heteroatoms. The molecular weight excluding hydrogens is 587 g/mol. The molecule has 0 fully saturated rings. The Kier molecular flexibility index (Phi) is 6.72. The Morgan fingerprint density at radius 2 is 1.78 bits per heavy atom. The average molecular weight is 612 g/mol. The number of ether oxygens (including phenoxy) is 4. The van der Waals surface area contributed by atoms with Crippen molar-refractivity contribution in [3.8, 4) is 40.0 Å². The lowest BCUT2D eigenvalue weighted by Gasteiger charge is -2.21. The Bertz CT molecular complexity index is 1520. The number of hydrogen-bond acceptors (Lipinski definition) is 6. The van der Waals surface area contributed by atoms with E-state index in [2.05, 4.69) is 22.1 Å². The summed E-state index contributed by atoms with van der Waals surface area (Å²) in [5.74, 6) is 2.65. The van der Waals surface area contributed by atoms with Gasteiger partial charge in [-0.1, -0.05) is 0 Å². The van der Waals surface area contributed by atoms with Crippen molar-refractivity contribution in [2.45, 2.75) is 19.5 Å². The summed E-state index contributed by atoms with van der Waals surface area (Å²) in [7, 11) is 3.25. The summed E-state index contributed by atoms with van der Waals surface area (Å²) in [5.41, 5.74) is 4.67. The smallest absolute Gasteiger partial charge is 0.251 e. The third-order valence-electron chi connectivity index (χ3n) is 6.80. The molecule has 1 aromatic heterocycles. The molecule has 1 amide bonds. The van der Waals surface area contributed by atoms with E-state index < -0.39 is 0 Å². The summed E-state index contributed by atoms with van der Waals surface area (Å²) in [6.45, 7) is 1.26. The molecule has 0 unspecified atom stereocenters. The topological polar surface area (TPSA) is 90.1 Å². The van der Waals surface area contributed by atoms with Gasteiger partial charge in [-0.25, -0.2) is 0 Å². The van der Waals surface area contributed by atoms with Crippen LogP contribution in [0.1, 0.15) is 21.5 Å². The van der Waals surface area contributed by atoms with E-state index in [-0.39, 0.29) is 49.0 Å². The van der Waals surface area contributed by atoms with Gasteiger partial charge in [-0.2, -0.15) is 4.57 Å². The Balaban J connectivity index is 0.00000280. The average Bonchev–Trinajstić information content (AvgIpc) is 3.36. The van der Waals surface area contributed by atoms with Crippen LogP contribution >= 0.6 is 0 Å². The zero-order chi connectivity index (χ0) is 24.8. The number of phenols is 1. The van der Waals surface area contributed by atoms with Crippen LogP contribution in [0.5, 0.6) is 28.7 Å². The van der Waals surface area contributed by atoms with Crippen molar-refractivity contribution in [1.29, 1.82) is 0 Å². The van der Waals surface area contributed by atoms with Gasteiger partial charge in [0.2, 0.25) is 12.5 Å². The van der Waals surface area contributed by atoms with E-state index >= 15 is 0 Å². The Morgan fingerprint density at radius 3 is 2.51 bits per heavy atom. The van der Waals surface area contributed by atoms with Crippen molar-refractivity contribution in [2.75, 3.05) is 21.0 Å². The number of hydrogen-bond donors (Lipinski definition) is 2. The fourth-order valence-corrected chi connectivity index (χ4v) is 5.07. The van der Waals surface area contributed by atoms with Crippen LogP contribution in [-0.2, 0) is 19.5 Å². The molecule has 37 heavy (non-hydrogen) atoms. The number of benzene rings is 3. The van der Waals surface area contributed by atoms with Gasteiger partial charge in [0.1, 0.15) is 5.75 Å². The number of aryl methyl sites for hydroxylation is 2. The standard InChI is InChI=1S/C28H24N2O6.HI/c1-33-23-8-7-19-21(13-29-28(32)16-3-5-18(31)6-4-16)26-20-12-25-24(35-15-36-25)11-17(20)9-10-30(26)14-22(19)27(23)34-2;/h3-8,11-12,14H,9-10,13,15H2,1-2H3,(H-,29,31,32);1H. The number of fused-ring (bicyclic) bond motifs is 5. The lowest BCUT2D eigenvalue weighted by atomic mass is 9.91. The SMILES string of the molecule is COc1ccc2c(CNC(=O)c3ccc(O)cc3)c3[n+](cc2c1OC)CCc1cc2c(cc1-3)OCO2.[I-]. The largest absolute Gasteiger partial charge is 1.00 e. The number of aromatic nitrogens is 1. The maximum absolute atomic E-state index is 13.0. The molecule has 2 aliphatic heterocycles. The molecule has 2 N–H and O–H groups in total. The molecule has 8 nitrogen and oxygen atoms in total. The van der Waals surface area contributed by atoms with Crippen LogP contribution < -0.4 is 52.8 Å². The van der Waals surface area contributed by atoms with Crippen molar-refractivity contribution < 1.29 is 57.4 Å². The first kappa shape index (κ1) is 24.9. The molecule has 0 saturated carbocycles. The summed E-state index contributed by atoms with van der Waals surface area (Å²) in [6.07, 6.45) is 2.92. The summed E-state index contributed by atoms with van der Waals surface area (Å²) < 4.78 is 24.8. The fraction of sp³-hybridized carbons (Fsp3) is 0.214. The Labute approximate surface area is 230 Å². The zero-order valence-electron chi connectivity index (χ0n) is 20.3. The predicted octanol–water partition coefficient (Wildman–Crippen LogP) is 0.736. The number of nitrogens with one attached hydrogen (secondary N) is 1. The van der Waals surface area contributed by atoms with Crippen molar-refractivity contribution in [2.24, 2.45) is 0 Å². The van der Waals surface area contributed by atoms with Gasteiger partial charge in [-0.05, 0) is 54.1 Å². The van der Waals surface area contributed by atoms with Crippen molar-refractivity contribution in [1.82, 2.24) is 5.32 Å². The second-order valence-corrected chi connectivity index (χ2v) is 8.75. The molecule has 0 atom stereocenters. The van der Waals surface area contributed by atoms with Gasteiger partial charge in [0.25, 0.3) is 5.91 Å². The van der Waals surface area contributed by atoms with Crippen LogP contribution in [0.25, 0.3) is 22.0 Å². The van der Waals surface area contributed by atoms with Crippen LogP contribution in [0, 0.1) is 0 Å². The van der Waals surface area contributed by atoms with E-state index in [1.807, 2.05) is 18.2 Å². The van der Waals surface area contributed by atoms with E-state index in [0.29, 0.717) is 22.8 Å². The van der Waals surface area contributed by atoms with Gasteiger partial charge in [0.15, 0.2) is 35.7 Å². The Hall–Kier alpha value is -3.73. The highest BCUT2D eigenvalue weighted by Gasteiger charge is 2.32. The first-order chi connectivity index (χ1) is 17.6. The number of amides is 1. The molecule has 4 aromatic rings. The Morgan fingerprint density at radius 1 is 1.03 bits per heavy atom. The highest BCUT2D eigenvalue weighted by Crippen LogP contribution is 2.43. The maximum atomic E-state index is 13.0. The number of aromatic hydroxyl groups is 1. The van der Waals surface area contributed by atoms with Crippen LogP contribution in [0.4, 0.5) is 0 Å². The van der Waals surface area contributed by atoms with Gasteiger partial charge in [0, 0.05) is 17.4 Å². The number of carbonyl (C=O) groups excluding carboxylic acids is 1. The number of carbonyl (C=O) groups is 1. The first-order valence-corrected chi connectivity index (χ1v) is 11.7. The minimum absolute atomic E-state index is 0. The molecule has 3 heterocycles. The summed E-state index contributed by atoms with van der Waals surface area (Å²) >= 11 is 0. The van der Waals surface area contributed by atoms with Crippen LogP contribution in [0.3, 0.4) is 0 Å². The number of methoxy groups -OCH3 is 2. The lowest BCUT2D eigenvalue weighted by molar-refractivity contribution is -0.686. The van der Waals surface area contributed by atoms with E-state index in [0.717, 1.165) is 46.3 Å². The molecule has 6 rings (SSSR count). The van der Waals surface area contributed by atoms with Gasteiger partial charge >= 0.3 is 0 Å². The van der Waals surface area contributed by atoms with Gasteiger partial charge < -0.3 is 53.3 Å². The zero-order valence-corrected chi connectivity index (χ0v) is 22.5. The maximum Gasteiger partial charge on any atom is 0.251 e. The van der Waals surface area contributed by atoms with Crippen LogP contribution in [0.2, 0.25) is 0 Å². The molecule has 0 radical (unpaired) electrons. The highest BCUT2D eigenvalue weighted by atomic mass is 127. The van der Waals surface area contributed by atoms with Crippen LogP contribution in [-0.4, -0.2) is 32.0 Å². The van der Waals surface area contributed by atoms with E-state index in [1.54, 1.807) is 26.4 Å². The number of rotatable bonds is 5. The molecule has 0 saturated heterocycles. The molecule has 2 aliphatic rings. The van der Waals surface area contributed by atoms with Crippen molar-refractivity contribution in [3.63, 3.8) is 0 Å². The fourth-order valence-electron chi connectivity index (χ4n) is 5.07. The van der Waals surface area contributed by atoms with Gasteiger partial charge in [-0.15, -0.1) is 0 Å². The van der Waals surface area contributed by atoms with Crippen molar-refractivity contribution >= 4 is 16.7 Å². The van der Waals surface area contributed by atoms with E-state index in [1.165, 1.54) is 17.7 Å². The van der Waals surface area contributed by atoms with E-state index in [9.17, 15) is 9.90 Å². The molecule has 0 aliphatic carbocycles. The minimum atomic E-state index is -0.229. The minimum Gasteiger partial charge on any atom is -1.00 e. The monoisotopic (exact) mass is 612 g/mol. The summed E-state index contributed by atoms with van der Waals surface area (Å²) in [5, 5.41) is 14.5. The molecule has 0 spiro atoms. The number of phenolic OH excluding ortho intramolecular Hbond substituents is 1. The first-order valence-electron chi connectivity index (χ1n) is 11.7. The normalized spacial score (nSPS) is 12.8. The third-order valence-corrected chi connectivity index (χ3v) is 6.80. The third kappa shape index (κ3) is 4.26. The summed E-state index contributed by atoms with van der Waals surface area (Å²) in [6, 6.07) is 14.2. The van der Waals surface area contributed by atoms with E-state index in [4.69, 9.17) is 18.9 Å². The summed E-state index contributed by atoms with van der Waals surface area (Å²) in [4.78, 5) is 13.0. The second-order valence-electron chi connectivity index (χ2n) is 8.75. The number of nitrogens with zero attached hydrogens (tertiary/aromatic N) is 1. The number of pyridine rings is 1. The highest BCUT2D eigenvalue weighted by molar-refractivity contribution is 5.97. The number of halogens is 1. The lowest BCUT2D eigenvalue weighted by Crippen LogP contribution is -3.00. The molecular formula is C28H25IN2O6. The predicted molar refractivity (Wildman–Crippen MR) is 132 cm³/mol. The quantitative estimate of drug-likeness (QED) is 0.256. The van der Waals surface area contributed by atoms with Gasteiger partial charge in [0.05, 0.1) is 37.3 Å². The van der Waals surface area contributed by atoms with Crippen LogP contribution in [0.15, 0.2) is 54.7 Å². The molecule has 3 aromatic carbocycles. The molecule has 0 bridgehead atoms.